The Morgan fingerprint density at radius 3 is 2.30 bits per heavy atom. The third-order valence-corrected chi connectivity index (χ3v) is 3.60. The molecule has 0 aromatic carbocycles. The summed E-state index contributed by atoms with van der Waals surface area (Å²) in [5, 5.41) is 17.7. The third kappa shape index (κ3) is 1.19. The van der Waals surface area contributed by atoms with Gasteiger partial charge in [-0.3, -0.25) is 0 Å². The first-order valence-corrected chi connectivity index (χ1v) is 4.64. The first-order chi connectivity index (χ1) is 4.66. The van der Waals surface area contributed by atoms with E-state index in [9.17, 15) is 0 Å². The van der Waals surface area contributed by atoms with Crippen LogP contribution in [0, 0.1) is 11.3 Å². The van der Waals surface area contributed by atoms with Crippen LogP contribution < -0.4 is 0 Å². The molecule has 0 fully saturated rings. The Balaban J connectivity index is 3.37. The molecule has 2 nitrogen and oxygen atoms in total. The van der Waals surface area contributed by atoms with Crippen LogP contribution in [0.5, 0.6) is 5.06 Å². The highest BCUT2D eigenvalue weighted by Crippen LogP contribution is 2.41. The molecular weight excluding hydrogens is 282 g/mol. The van der Waals surface area contributed by atoms with Crippen molar-refractivity contribution in [1.82, 2.24) is 0 Å². The molecule has 52 valence electrons. The van der Waals surface area contributed by atoms with Gasteiger partial charge in [-0.1, -0.05) is 11.3 Å². The minimum absolute atomic E-state index is 0.128. The maximum atomic E-state index is 9.04. The van der Waals surface area contributed by atoms with Crippen LogP contribution in [0.25, 0.3) is 0 Å². The van der Waals surface area contributed by atoms with E-state index in [2.05, 4.69) is 31.9 Å². The zero-order chi connectivity index (χ0) is 7.72. The zero-order valence-electron chi connectivity index (χ0n) is 4.56. The lowest BCUT2D eigenvalue weighted by Crippen LogP contribution is -1.66. The molecule has 1 rings (SSSR count). The lowest BCUT2D eigenvalue weighted by Gasteiger charge is -1.82. The highest BCUT2D eigenvalue weighted by Gasteiger charge is 2.12. The summed E-state index contributed by atoms with van der Waals surface area (Å²) in [7, 11) is 0. The summed E-state index contributed by atoms with van der Waals surface area (Å²) in [4.78, 5) is 0. The molecule has 1 N–H and O–H groups in total. The van der Waals surface area contributed by atoms with E-state index >= 15 is 0 Å². The van der Waals surface area contributed by atoms with E-state index in [-0.39, 0.29) is 5.06 Å². The highest BCUT2D eigenvalue weighted by molar-refractivity contribution is 9.11. The van der Waals surface area contributed by atoms with Gasteiger partial charge in [0.05, 0.1) is 13.8 Å². The van der Waals surface area contributed by atoms with E-state index in [1.165, 1.54) is 0 Å². The maximum Gasteiger partial charge on any atom is 0.188 e. The molecule has 1 aromatic rings. The van der Waals surface area contributed by atoms with Crippen molar-refractivity contribution in [2.24, 2.45) is 0 Å². The third-order valence-electron chi connectivity index (χ3n) is 0.902. The fraction of sp³-hybridized carbons (Fsp3) is 0. The van der Waals surface area contributed by atoms with Gasteiger partial charge in [0, 0.05) is 0 Å². The van der Waals surface area contributed by atoms with Gasteiger partial charge in [-0.15, -0.1) is 0 Å². The summed E-state index contributed by atoms with van der Waals surface area (Å²) in [6.45, 7) is 0. The summed E-state index contributed by atoms with van der Waals surface area (Å²) >= 11 is 7.33. The van der Waals surface area contributed by atoms with Crippen LogP contribution in [0.3, 0.4) is 0 Å². The topological polar surface area (TPSA) is 44.0 Å². The molecule has 10 heavy (non-hydrogen) atoms. The van der Waals surface area contributed by atoms with Gasteiger partial charge in [0.2, 0.25) is 0 Å². The Hall–Kier alpha value is -0.0500. The van der Waals surface area contributed by atoms with Crippen molar-refractivity contribution in [3.8, 4) is 11.1 Å². The molecule has 0 amide bonds. The van der Waals surface area contributed by atoms with Crippen LogP contribution in [-0.4, -0.2) is 5.11 Å². The van der Waals surface area contributed by atoms with Gasteiger partial charge in [0.15, 0.2) is 5.06 Å². The molecule has 0 aliphatic heterocycles. The zero-order valence-corrected chi connectivity index (χ0v) is 8.55. The molecule has 0 radical (unpaired) electrons. The number of nitriles is 1. The maximum absolute atomic E-state index is 9.04. The van der Waals surface area contributed by atoms with E-state index in [0.717, 1.165) is 11.3 Å². The van der Waals surface area contributed by atoms with Crippen LogP contribution in [0.4, 0.5) is 0 Å². The lowest BCUT2D eigenvalue weighted by molar-refractivity contribution is 0.488. The molecule has 0 saturated carbocycles. The average Bonchev–Trinajstić information content (AvgIpc) is 2.09. The number of hydrogen-bond donors (Lipinski definition) is 1. The largest absolute Gasteiger partial charge is 0.499 e. The normalized spacial score (nSPS) is 9.30. The molecule has 1 heterocycles. The van der Waals surface area contributed by atoms with Gasteiger partial charge < -0.3 is 5.11 Å². The second kappa shape index (κ2) is 2.91. The molecule has 1 aromatic heterocycles. The molecule has 0 aliphatic carbocycles. The van der Waals surface area contributed by atoms with E-state index in [1.807, 2.05) is 6.07 Å². The Morgan fingerprint density at radius 2 is 2.10 bits per heavy atom. The molecule has 0 aliphatic rings. The van der Waals surface area contributed by atoms with Crippen molar-refractivity contribution in [2.75, 3.05) is 0 Å². The van der Waals surface area contributed by atoms with Gasteiger partial charge >= 0.3 is 0 Å². The van der Waals surface area contributed by atoms with Crippen molar-refractivity contribution < 1.29 is 5.11 Å². The number of nitrogens with zero attached hydrogens (tertiary/aromatic N) is 1. The van der Waals surface area contributed by atoms with Crippen molar-refractivity contribution in [3.63, 3.8) is 0 Å². The lowest BCUT2D eigenvalue weighted by atomic mass is 10.4. The Bertz CT molecular complexity index is 301. The molecule has 0 unspecified atom stereocenters. The minimum Gasteiger partial charge on any atom is -0.499 e. The molecule has 5 heteroatoms. The summed E-state index contributed by atoms with van der Waals surface area (Å²) < 4.78 is 1.12. The summed E-state index contributed by atoms with van der Waals surface area (Å²) in [5.74, 6) is 0. The number of thiophene rings is 1. The standard InChI is InChI=1S/C5HBr2NOS/c6-3-2(1-8)4(7)10-5(3)9/h9H. The van der Waals surface area contributed by atoms with E-state index in [1.54, 1.807) is 0 Å². The van der Waals surface area contributed by atoms with Crippen LogP contribution in [0.15, 0.2) is 8.26 Å². The minimum atomic E-state index is 0.128. The fourth-order valence-electron chi connectivity index (χ4n) is 0.467. The first-order valence-electron chi connectivity index (χ1n) is 2.23. The predicted octanol–water partition coefficient (Wildman–Crippen LogP) is 2.85. The van der Waals surface area contributed by atoms with Gasteiger partial charge in [-0.25, -0.2) is 0 Å². The van der Waals surface area contributed by atoms with Gasteiger partial charge in [0.25, 0.3) is 0 Å². The molecular formula is C5HBr2NOS. The second-order valence-corrected chi connectivity index (χ2v) is 4.59. The molecule has 0 saturated heterocycles. The number of halogens is 2. The summed E-state index contributed by atoms with van der Waals surface area (Å²) in [6, 6.07) is 1.94. The van der Waals surface area contributed by atoms with Crippen LogP contribution in [0.2, 0.25) is 0 Å². The van der Waals surface area contributed by atoms with Gasteiger partial charge in [-0.05, 0) is 31.9 Å². The molecule has 0 spiro atoms. The number of hydrogen-bond acceptors (Lipinski definition) is 3. The van der Waals surface area contributed by atoms with Crippen molar-refractivity contribution in [3.05, 3.63) is 13.8 Å². The smallest absolute Gasteiger partial charge is 0.188 e. The number of aromatic hydroxyl groups is 1. The summed E-state index contributed by atoms with van der Waals surface area (Å²) in [5.41, 5.74) is 0.447. The average molecular weight is 283 g/mol. The van der Waals surface area contributed by atoms with E-state index < -0.39 is 0 Å². The Morgan fingerprint density at radius 1 is 1.50 bits per heavy atom. The quantitative estimate of drug-likeness (QED) is 0.795. The number of rotatable bonds is 0. The van der Waals surface area contributed by atoms with Crippen molar-refractivity contribution in [1.29, 1.82) is 5.26 Å². The second-order valence-electron chi connectivity index (χ2n) is 1.48. The van der Waals surface area contributed by atoms with E-state index in [4.69, 9.17) is 10.4 Å². The van der Waals surface area contributed by atoms with Gasteiger partial charge in [0.1, 0.15) is 6.07 Å². The highest BCUT2D eigenvalue weighted by atomic mass is 79.9. The van der Waals surface area contributed by atoms with E-state index in [0.29, 0.717) is 13.8 Å². The van der Waals surface area contributed by atoms with Crippen LogP contribution in [-0.2, 0) is 0 Å². The van der Waals surface area contributed by atoms with Crippen LogP contribution in [0.1, 0.15) is 5.56 Å². The van der Waals surface area contributed by atoms with Crippen molar-refractivity contribution >= 4 is 43.2 Å². The molecule has 0 bridgehead atoms. The summed E-state index contributed by atoms with van der Waals surface area (Å²) in [6.07, 6.45) is 0. The predicted molar refractivity (Wildman–Crippen MR) is 46.1 cm³/mol. The molecule has 0 atom stereocenters. The monoisotopic (exact) mass is 281 g/mol. The fourth-order valence-corrected chi connectivity index (χ4v) is 2.75. The van der Waals surface area contributed by atoms with Crippen LogP contribution >= 0.6 is 43.2 Å². The Labute approximate surface area is 78.4 Å². The van der Waals surface area contributed by atoms with Gasteiger partial charge in [-0.2, -0.15) is 5.26 Å². The first kappa shape index (κ1) is 8.05. The SMILES string of the molecule is N#Cc1c(Br)sc(O)c1Br. The van der Waals surface area contributed by atoms with Crippen molar-refractivity contribution in [2.45, 2.75) is 0 Å². The Kier molecular flexibility index (Phi) is 2.34.